The predicted molar refractivity (Wildman–Crippen MR) is 99.6 cm³/mol. The maximum atomic E-state index is 11.9. The van der Waals surface area contributed by atoms with Crippen LogP contribution >= 0.6 is 0 Å². The van der Waals surface area contributed by atoms with Gasteiger partial charge in [0.2, 0.25) is 0 Å². The van der Waals surface area contributed by atoms with Crippen molar-refractivity contribution in [2.75, 3.05) is 6.54 Å². The van der Waals surface area contributed by atoms with Gasteiger partial charge in [-0.1, -0.05) is 76.9 Å². The molecule has 0 atom stereocenters. The van der Waals surface area contributed by atoms with Crippen LogP contribution < -0.4 is 5.48 Å². The van der Waals surface area contributed by atoms with E-state index >= 15 is 0 Å². The Balaban J connectivity index is 0. The first-order valence-electron chi connectivity index (χ1n) is 10.1. The fourth-order valence-corrected chi connectivity index (χ4v) is 2.62. The monoisotopic (exact) mass is 486 g/mol. The summed E-state index contributed by atoms with van der Waals surface area (Å²) < 4.78 is 35.6. The van der Waals surface area contributed by atoms with Crippen LogP contribution in [-0.4, -0.2) is 18.7 Å². The molecule has 1 N–H and O–H groups in total. The van der Waals surface area contributed by atoms with Gasteiger partial charge in [0.25, 0.3) is 0 Å². The molecular weight excluding hydrogens is 451 g/mol. The van der Waals surface area contributed by atoms with E-state index in [-0.39, 0.29) is 28.9 Å². The molecule has 0 saturated heterocycles. The standard InChI is InChI=1S/C20H36F3NO2.Ag/c1-2-3-4-5-6-7-8-9-10-11-12-13-14-15-16-17-18-24-26-19(25)20(21,22)23;/h9-10,24H,2-8,11-18H2,1H3;/b10-9-;. The van der Waals surface area contributed by atoms with Crippen molar-refractivity contribution in [3.05, 3.63) is 12.2 Å². The van der Waals surface area contributed by atoms with Crippen LogP contribution in [0.3, 0.4) is 0 Å². The number of alkyl halides is 3. The number of hydrogen-bond acceptors (Lipinski definition) is 3. The van der Waals surface area contributed by atoms with Crippen molar-refractivity contribution < 1.29 is 45.2 Å². The smallest absolute Gasteiger partial charge is 0.364 e. The van der Waals surface area contributed by atoms with Crippen LogP contribution in [0.15, 0.2) is 12.2 Å². The van der Waals surface area contributed by atoms with E-state index in [4.69, 9.17) is 0 Å². The van der Waals surface area contributed by atoms with Crippen LogP contribution in [0.1, 0.15) is 96.8 Å². The second-order valence-corrected chi connectivity index (χ2v) is 6.72. The molecule has 165 valence electrons. The Bertz CT molecular complexity index is 364. The molecule has 0 fully saturated rings. The van der Waals surface area contributed by atoms with Crippen molar-refractivity contribution in [3.63, 3.8) is 0 Å². The molecule has 0 amide bonds. The zero-order valence-corrected chi connectivity index (χ0v) is 18.0. The van der Waals surface area contributed by atoms with Crippen molar-refractivity contribution >= 4 is 5.97 Å². The molecular formula is C20H36AgF3NO2. The average molecular weight is 487 g/mol. The van der Waals surface area contributed by atoms with Crippen LogP contribution in [0.5, 0.6) is 0 Å². The van der Waals surface area contributed by atoms with E-state index < -0.39 is 12.1 Å². The minimum absolute atomic E-state index is 0. The van der Waals surface area contributed by atoms with E-state index in [0.29, 0.717) is 6.42 Å². The van der Waals surface area contributed by atoms with Gasteiger partial charge >= 0.3 is 12.1 Å². The Kier molecular flexibility index (Phi) is 21.9. The average Bonchev–Trinajstić information content (AvgIpc) is 2.59. The quantitative estimate of drug-likeness (QED) is 0.108. The summed E-state index contributed by atoms with van der Waals surface area (Å²) in [6.07, 6.45) is 16.2. The molecule has 0 bridgehead atoms. The number of carbonyl (C=O) groups excluding carboxylic acids is 1. The topological polar surface area (TPSA) is 38.3 Å². The van der Waals surface area contributed by atoms with Crippen LogP contribution in [-0.2, 0) is 32.0 Å². The fraction of sp³-hybridized carbons (Fsp3) is 0.850. The molecule has 27 heavy (non-hydrogen) atoms. The number of halogens is 3. The molecule has 0 heterocycles. The minimum atomic E-state index is -4.93. The maximum absolute atomic E-state index is 11.9. The van der Waals surface area contributed by atoms with Crippen LogP contribution in [0, 0.1) is 0 Å². The van der Waals surface area contributed by atoms with Crippen molar-refractivity contribution in [2.45, 2.75) is 103 Å². The van der Waals surface area contributed by atoms with Gasteiger partial charge in [0, 0.05) is 28.9 Å². The Labute approximate surface area is 178 Å². The third-order valence-electron chi connectivity index (χ3n) is 4.19. The van der Waals surface area contributed by atoms with Crippen molar-refractivity contribution in [3.8, 4) is 0 Å². The van der Waals surface area contributed by atoms with Gasteiger partial charge in [0.15, 0.2) is 0 Å². The number of rotatable bonds is 17. The summed E-state index contributed by atoms with van der Waals surface area (Å²) in [7, 11) is 0. The first-order valence-corrected chi connectivity index (χ1v) is 10.1. The molecule has 0 aliphatic heterocycles. The van der Waals surface area contributed by atoms with E-state index in [1.165, 1.54) is 57.8 Å². The van der Waals surface area contributed by atoms with Crippen molar-refractivity contribution in [1.29, 1.82) is 0 Å². The molecule has 0 aromatic rings. The molecule has 0 unspecified atom stereocenters. The van der Waals surface area contributed by atoms with Gasteiger partial charge in [0.05, 0.1) is 0 Å². The summed E-state index contributed by atoms with van der Waals surface area (Å²) in [5.41, 5.74) is 2.06. The third-order valence-corrected chi connectivity index (χ3v) is 4.19. The summed E-state index contributed by atoms with van der Waals surface area (Å²) in [6, 6.07) is 0. The van der Waals surface area contributed by atoms with E-state index in [2.05, 4.69) is 29.4 Å². The van der Waals surface area contributed by atoms with Gasteiger partial charge in [-0.15, -0.1) is 0 Å². The SMILES string of the molecule is CCCCCCCC/C=C\CCCCCCCCNOC(=O)C(F)(F)F.[Ag]. The van der Waals surface area contributed by atoms with Gasteiger partial charge in [0.1, 0.15) is 0 Å². The van der Waals surface area contributed by atoms with Crippen LogP contribution in [0.25, 0.3) is 0 Å². The second kappa shape index (κ2) is 20.4. The van der Waals surface area contributed by atoms with Crippen LogP contribution in [0.2, 0.25) is 0 Å². The number of nitrogens with one attached hydrogen (secondary N) is 1. The van der Waals surface area contributed by atoms with Crippen LogP contribution in [0.4, 0.5) is 13.2 Å². The molecule has 0 aromatic heterocycles. The van der Waals surface area contributed by atoms with E-state index in [9.17, 15) is 18.0 Å². The number of allylic oxidation sites excluding steroid dienone is 2. The molecule has 0 aliphatic carbocycles. The Hall–Kier alpha value is -0.300. The number of unbranched alkanes of at least 4 members (excludes halogenated alkanes) is 12. The Morgan fingerprint density at radius 3 is 1.74 bits per heavy atom. The summed E-state index contributed by atoms with van der Waals surface area (Å²) in [4.78, 5) is 14.3. The molecule has 1 radical (unpaired) electrons. The summed E-state index contributed by atoms with van der Waals surface area (Å²) in [5, 5.41) is 0. The molecule has 0 saturated carbocycles. The predicted octanol–water partition coefficient (Wildman–Crippen LogP) is 6.63. The molecule has 0 rings (SSSR count). The maximum Gasteiger partial charge on any atom is 0.492 e. The number of carbonyl (C=O) groups is 1. The minimum Gasteiger partial charge on any atom is -0.364 e. The Morgan fingerprint density at radius 2 is 1.26 bits per heavy atom. The third kappa shape index (κ3) is 21.9. The van der Waals surface area contributed by atoms with Gasteiger partial charge in [-0.2, -0.15) is 18.7 Å². The summed E-state index contributed by atoms with van der Waals surface area (Å²) >= 11 is 0. The first kappa shape index (κ1) is 28.9. The van der Waals surface area contributed by atoms with Crippen molar-refractivity contribution in [1.82, 2.24) is 5.48 Å². The van der Waals surface area contributed by atoms with Gasteiger partial charge in [-0.25, -0.2) is 4.79 Å². The fourth-order valence-electron chi connectivity index (χ4n) is 2.62. The second-order valence-electron chi connectivity index (χ2n) is 6.72. The number of hydrogen-bond donors (Lipinski definition) is 1. The Morgan fingerprint density at radius 1 is 0.815 bits per heavy atom. The largest absolute Gasteiger partial charge is 0.492 e. The zero-order valence-electron chi connectivity index (χ0n) is 16.5. The zero-order chi connectivity index (χ0) is 19.5. The van der Waals surface area contributed by atoms with E-state index in [1.807, 2.05) is 0 Å². The summed E-state index contributed by atoms with van der Waals surface area (Å²) in [5.74, 6) is -2.19. The first-order chi connectivity index (χ1) is 12.5. The molecule has 0 aliphatic rings. The van der Waals surface area contributed by atoms with Gasteiger partial charge < -0.3 is 4.84 Å². The van der Waals surface area contributed by atoms with Crippen molar-refractivity contribution in [2.24, 2.45) is 0 Å². The summed E-state index contributed by atoms with van der Waals surface area (Å²) in [6.45, 7) is 2.49. The molecule has 7 heteroatoms. The molecule has 0 spiro atoms. The number of hydroxylamine groups is 1. The molecule has 3 nitrogen and oxygen atoms in total. The van der Waals surface area contributed by atoms with E-state index in [0.717, 1.165) is 25.7 Å². The van der Waals surface area contributed by atoms with Gasteiger partial charge in [-0.05, 0) is 32.1 Å². The normalized spacial score (nSPS) is 11.6. The van der Waals surface area contributed by atoms with E-state index in [1.54, 1.807) is 0 Å². The van der Waals surface area contributed by atoms with Gasteiger partial charge in [-0.3, -0.25) is 0 Å². The molecule has 0 aromatic carbocycles.